The van der Waals surface area contributed by atoms with Gasteiger partial charge in [-0.2, -0.15) is 13.2 Å². The van der Waals surface area contributed by atoms with Crippen molar-refractivity contribution in [3.63, 3.8) is 0 Å². The molecule has 0 bridgehead atoms. The van der Waals surface area contributed by atoms with Crippen LogP contribution in [0.25, 0.3) is 11.0 Å². The zero-order valence-corrected chi connectivity index (χ0v) is 18.4. The third-order valence-corrected chi connectivity index (χ3v) is 4.86. The lowest BCUT2D eigenvalue weighted by Crippen LogP contribution is -2.11. The summed E-state index contributed by atoms with van der Waals surface area (Å²) in [7, 11) is 0. The Morgan fingerprint density at radius 1 is 0.903 bits per heavy atom. The fraction of sp³-hybridized carbons (Fsp3) is 0.458. The summed E-state index contributed by atoms with van der Waals surface area (Å²) in [5.41, 5.74) is 1.10. The molecule has 0 aliphatic carbocycles. The van der Waals surface area contributed by atoms with Gasteiger partial charge in [0.05, 0.1) is 23.2 Å². The number of ether oxygens (including phenoxy) is 2. The van der Waals surface area contributed by atoms with Gasteiger partial charge in [-0.1, -0.05) is 27.7 Å². The summed E-state index contributed by atoms with van der Waals surface area (Å²) in [6.45, 7) is 10.1. The van der Waals surface area contributed by atoms with Gasteiger partial charge in [0.2, 0.25) is 0 Å². The number of hydrogen-bond donors (Lipinski definition) is 0. The van der Waals surface area contributed by atoms with E-state index in [1.807, 2.05) is 18.2 Å². The van der Waals surface area contributed by atoms with E-state index in [4.69, 9.17) is 9.47 Å². The molecule has 3 rings (SSSR count). The van der Waals surface area contributed by atoms with Gasteiger partial charge in [0.1, 0.15) is 23.9 Å². The van der Waals surface area contributed by atoms with Crippen LogP contribution in [0.4, 0.5) is 13.2 Å². The van der Waals surface area contributed by atoms with Crippen LogP contribution >= 0.6 is 0 Å². The summed E-state index contributed by atoms with van der Waals surface area (Å²) >= 11 is 0. The highest BCUT2D eigenvalue weighted by Gasteiger charge is 2.30. The monoisotopic (exact) mass is 434 g/mol. The van der Waals surface area contributed by atoms with Gasteiger partial charge in [0.25, 0.3) is 0 Å². The Morgan fingerprint density at radius 2 is 1.58 bits per heavy atom. The Labute approximate surface area is 181 Å². The van der Waals surface area contributed by atoms with E-state index in [0.29, 0.717) is 24.2 Å². The Morgan fingerprint density at radius 3 is 2.19 bits per heavy atom. The van der Waals surface area contributed by atoms with E-state index in [1.54, 1.807) is 0 Å². The van der Waals surface area contributed by atoms with Crippen LogP contribution in [-0.2, 0) is 19.3 Å². The number of fused-ring (bicyclic) bond motifs is 1. The first kappa shape index (κ1) is 23.0. The highest BCUT2D eigenvalue weighted by molar-refractivity contribution is 5.77. The quantitative estimate of drug-likeness (QED) is 0.375. The average molecular weight is 435 g/mol. The van der Waals surface area contributed by atoms with E-state index in [1.165, 1.54) is 12.1 Å². The zero-order valence-electron chi connectivity index (χ0n) is 18.4. The van der Waals surface area contributed by atoms with Crippen LogP contribution < -0.4 is 9.47 Å². The molecule has 0 atom stereocenters. The van der Waals surface area contributed by atoms with E-state index in [2.05, 4.69) is 37.2 Å². The van der Waals surface area contributed by atoms with E-state index < -0.39 is 11.7 Å². The maximum absolute atomic E-state index is 12.7. The summed E-state index contributed by atoms with van der Waals surface area (Å²) in [4.78, 5) is 4.69. The van der Waals surface area contributed by atoms with Gasteiger partial charge in [-0.25, -0.2) is 4.98 Å². The molecule has 1 heterocycles. The number of imidazole rings is 1. The molecule has 7 heteroatoms. The number of benzene rings is 2. The molecule has 0 fully saturated rings. The summed E-state index contributed by atoms with van der Waals surface area (Å²) in [5, 5.41) is 0. The Balaban J connectivity index is 1.80. The second kappa shape index (κ2) is 9.62. The van der Waals surface area contributed by atoms with Crippen LogP contribution in [0, 0.1) is 11.8 Å². The van der Waals surface area contributed by atoms with Crippen LogP contribution in [0.5, 0.6) is 11.5 Å². The first-order chi connectivity index (χ1) is 14.6. The largest absolute Gasteiger partial charge is 0.494 e. The molecule has 31 heavy (non-hydrogen) atoms. The smallest absolute Gasteiger partial charge is 0.416 e. The van der Waals surface area contributed by atoms with Crippen LogP contribution in [0.2, 0.25) is 0 Å². The van der Waals surface area contributed by atoms with Crippen molar-refractivity contribution in [3.05, 3.63) is 53.9 Å². The number of hydrogen-bond acceptors (Lipinski definition) is 3. The fourth-order valence-corrected chi connectivity index (χ4v) is 3.22. The number of halogens is 3. The molecule has 0 aliphatic heterocycles. The molecule has 0 N–H and O–H groups in total. The maximum Gasteiger partial charge on any atom is 0.416 e. The predicted molar refractivity (Wildman–Crippen MR) is 115 cm³/mol. The second-order valence-corrected chi connectivity index (χ2v) is 8.52. The zero-order chi connectivity index (χ0) is 22.6. The van der Waals surface area contributed by atoms with E-state index in [9.17, 15) is 13.2 Å². The van der Waals surface area contributed by atoms with Crippen LogP contribution in [0.3, 0.4) is 0 Å². The van der Waals surface area contributed by atoms with Crippen molar-refractivity contribution in [3.8, 4) is 11.5 Å². The third-order valence-electron chi connectivity index (χ3n) is 4.86. The summed E-state index contributed by atoms with van der Waals surface area (Å²) in [5.74, 6) is 2.85. The first-order valence-corrected chi connectivity index (χ1v) is 10.6. The van der Waals surface area contributed by atoms with Gasteiger partial charge in [-0.05, 0) is 54.7 Å². The van der Waals surface area contributed by atoms with E-state index in [0.717, 1.165) is 47.7 Å². The second-order valence-electron chi connectivity index (χ2n) is 8.52. The molecule has 0 saturated heterocycles. The molecule has 1 aromatic heterocycles. The van der Waals surface area contributed by atoms with Crippen LogP contribution in [-0.4, -0.2) is 16.2 Å². The van der Waals surface area contributed by atoms with Crippen molar-refractivity contribution < 1.29 is 22.6 Å². The molecule has 0 saturated carbocycles. The number of nitrogens with zero attached hydrogens (tertiary/aromatic N) is 2. The lowest BCUT2D eigenvalue weighted by Gasteiger charge is -2.14. The van der Waals surface area contributed by atoms with Gasteiger partial charge >= 0.3 is 6.18 Å². The lowest BCUT2D eigenvalue weighted by molar-refractivity contribution is -0.137. The standard InChI is InChI=1S/C24H29F3N2O2/c1-16(2)11-12-30-20-9-10-21-22(13-20)29(14-17(3)4)23(28-21)15-31-19-7-5-18(6-8-19)24(25,26)27/h5-10,13,16-17H,11-12,14-15H2,1-4H3. The Bertz CT molecular complexity index is 992. The third kappa shape index (κ3) is 6.15. The Kier molecular flexibility index (Phi) is 7.13. The molecule has 168 valence electrons. The molecule has 0 radical (unpaired) electrons. The molecule has 4 nitrogen and oxygen atoms in total. The summed E-state index contributed by atoms with van der Waals surface area (Å²) in [6.07, 6.45) is -3.38. The molecular formula is C24H29F3N2O2. The molecule has 2 aromatic carbocycles. The normalized spacial score (nSPS) is 12.2. The van der Waals surface area contributed by atoms with E-state index in [-0.39, 0.29) is 6.61 Å². The highest BCUT2D eigenvalue weighted by Crippen LogP contribution is 2.30. The van der Waals surface area contributed by atoms with Crippen molar-refractivity contribution in [2.45, 2.75) is 53.4 Å². The van der Waals surface area contributed by atoms with Gasteiger partial charge in [0.15, 0.2) is 0 Å². The van der Waals surface area contributed by atoms with Crippen LogP contribution in [0.15, 0.2) is 42.5 Å². The summed E-state index contributed by atoms with van der Waals surface area (Å²) in [6, 6.07) is 10.5. The van der Waals surface area contributed by atoms with E-state index >= 15 is 0 Å². The number of rotatable bonds is 9. The maximum atomic E-state index is 12.7. The highest BCUT2D eigenvalue weighted by atomic mass is 19.4. The van der Waals surface area contributed by atoms with Crippen molar-refractivity contribution in [2.24, 2.45) is 11.8 Å². The molecular weight excluding hydrogens is 405 g/mol. The SMILES string of the molecule is CC(C)CCOc1ccc2nc(COc3ccc(C(F)(F)F)cc3)n(CC(C)C)c2c1. The van der Waals surface area contributed by atoms with Crippen molar-refractivity contribution in [1.82, 2.24) is 9.55 Å². The lowest BCUT2D eigenvalue weighted by atomic mass is 10.1. The molecule has 0 amide bonds. The van der Waals surface area contributed by atoms with Gasteiger partial charge in [-0.3, -0.25) is 0 Å². The van der Waals surface area contributed by atoms with Crippen molar-refractivity contribution in [1.29, 1.82) is 0 Å². The molecule has 3 aromatic rings. The molecule has 0 aliphatic rings. The van der Waals surface area contributed by atoms with Gasteiger partial charge in [-0.15, -0.1) is 0 Å². The molecule has 0 spiro atoms. The molecule has 0 unspecified atom stereocenters. The topological polar surface area (TPSA) is 36.3 Å². The van der Waals surface area contributed by atoms with Gasteiger partial charge < -0.3 is 14.0 Å². The minimum atomic E-state index is -4.36. The van der Waals surface area contributed by atoms with Gasteiger partial charge in [0, 0.05) is 12.6 Å². The average Bonchev–Trinajstić information content (AvgIpc) is 3.02. The van der Waals surface area contributed by atoms with Crippen molar-refractivity contribution in [2.75, 3.05) is 6.61 Å². The summed E-state index contributed by atoms with van der Waals surface area (Å²) < 4.78 is 52.0. The predicted octanol–water partition coefficient (Wildman–Crippen LogP) is 6.72. The minimum Gasteiger partial charge on any atom is -0.494 e. The van der Waals surface area contributed by atoms with Crippen molar-refractivity contribution >= 4 is 11.0 Å². The first-order valence-electron chi connectivity index (χ1n) is 10.6. The number of alkyl halides is 3. The van der Waals surface area contributed by atoms with Crippen LogP contribution in [0.1, 0.15) is 45.5 Å². The Hall–Kier alpha value is -2.70. The number of aromatic nitrogens is 2. The fourth-order valence-electron chi connectivity index (χ4n) is 3.22. The minimum absolute atomic E-state index is 0.163.